The first-order valence-electron chi connectivity index (χ1n) is 8.00. The summed E-state index contributed by atoms with van der Waals surface area (Å²) in [6.07, 6.45) is 4.35. The second-order valence-electron chi connectivity index (χ2n) is 6.39. The number of rotatable bonds is 8. The van der Waals surface area contributed by atoms with Crippen LogP contribution in [-0.4, -0.2) is 49.6 Å². The van der Waals surface area contributed by atoms with E-state index in [-0.39, 0.29) is 23.8 Å². The molecule has 122 valence electrons. The molecule has 0 heterocycles. The van der Waals surface area contributed by atoms with E-state index in [1.54, 1.807) is 7.11 Å². The molecule has 5 nitrogen and oxygen atoms in total. The number of carbonyl (C=O) groups is 2. The summed E-state index contributed by atoms with van der Waals surface area (Å²) in [5, 5.41) is 2.88. The lowest BCUT2D eigenvalue weighted by molar-refractivity contribution is -0.138. The van der Waals surface area contributed by atoms with Crippen LogP contribution in [0.5, 0.6) is 0 Å². The predicted molar refractivity (Wildman–Crippen MR) is 82.9 cm³/mol. The van der Waals surface area contributed by atoms with Crippen LogP contribution in [0.4, 0.5) is 0 Å². The summed E-state index contributed by atoms with van der Waals surface area (Å²) in [5.41, 5.74) is 0. The van der Waals surface area contributed by atoms with Crippen molar-refractivity contribution in [3.63, 3.8) is 0 Å². The second kappa shape index (κ2) is 9.03. The molecule has 0 aromatic rings. The molecule has 0 aliphatic heterocycles. The predicted octanol–water partition coefficient (Wildman–Crippen LogP) is 1.81. The van der Waals surface area contributed by atoms with Crippen molar-refractivity contribution >= 4 is 11.8 Å². The van der Waals surface area contributed by atoms with Crippen LogP contribution in [0.2, 0.25) is 0 Å². The third-order valence-corrected chi connectivity index (χ3v) is 3.96. The Hall–Kier alpha value is -1.10. The first-order valence-corrected chi connectivity index (χ1v) is 8.00. The van der Waals surface area contributed by atoms with Gasteiger partial charge in [0.25, 0.3) is 0 Å². The molecular weight excluding hydrogens is 268 g/mol. The molecular formula is C16H30N2O3. The molecule has 1 atom stereocenters. The third kappa shape index (κ3) is 6.04. The Morgan fingerprint density at radius 1 is 1.29 bits per heavy atom. The van der Waals surface area contributed by atoms with Crippen LogP contribution in [0.15, 0.2) is 0 Å². The molecule has 2 amide bonds. The monoisotopic (exact) mass is 298 g/mol. The van der Waals surface area contributed by atoms with Gasteiger partial charge in [0.1, 0.15) is 6.04 Å². The summed E-state index contributed by atoms with van der Waals surface area (Å²) in [6.45, 7) is 7.47. The number of methoxy groups -OCH3 is 1. The van der Waals surface area contributed by atoms with Crippen molar-refractivity contribution in [2.45, 2.75) is 52.5 Å². The van der Waals surface area contributed by atoms with E-state index < -0.39 is 0 Å². The van der Waals surface area contributed by atoms with Crippen LogP contribution >= 0.6 is 0 Å². The smallest absolute Gasteiger partial charge is 0.245 e. The molecule has 0 radical (unpaired) electrons. The lowest BCUT2D eigenvalue weighted by Gasteiger charge is -2.31. The van der Waals surface area contributed by atoms with Crippen molar-refractivity contribution in [2.24, 2.45) is 11.8 Å². The summed E-state index contributed by atoms with van der Waals surface area (Å²) >= 11 is 0. The van der Waals surface area contributed by atoms with Gasteiger partial charge in [0.15, 0.2) is 0 Å². The quantitative estimate of drug-likeness (QED) is 0.743. The highest BCUT2D eigenvalue weighted by Gasteiger charge is 2.34. The van der Waals surface area contributed by atoms with E-state index in [2.05, 4.69) is 19.2 Å². The van der Waals surface area contributed by atoms with E-state index in [9.17, 15) is 9.59 Å². The van der Waals surface area contributed by atoms with Gasteiger partial charge in [0.2, 0.25) is 11.8 Å². The van der Waals surface area contributed by atoms with E-state index >= 15 is 0 Å². The lowest BCUT2D eigenvalue weighted by atomic mass is 9.96. The van der Waals surface area contributed by atoms with Crippen LogP contribution in [-0.2, 0) is 14.3 Å². The average molecular weight is 298 g/mol. The normalized spacial score (nSPS) is 17.0. The Kier molecular flexibility index (Phi) is 7.72. The maximum Gasteiger partial charge on any atom is 0.245 e. The number of carbonyl (C=O) groups excluding carboxylic acids is 2. The molecule has 5 heteroatoms. The van der Waals surface area contributed by atoms with Crippen molar-refractivity contribution in [2.75, 3.05) is 26.8 Å². The first-order chi connectivity index (χ1) is 9.95. The Labute approximate surface area is 128 Å². The minimum atomic E-state index is -0.374. The summed E-state index contributed by atoms with van der Waals surface area (Å²) < 4.78 is 5.11. The largest absolute Gasteiger partial charge is 0.383 e. The molecule has 0 saturated heterocycles. The molecule has 1 unspecified atom stereocenters. The SMILES string of the molecule is COCCN(CC(C)C)C(=O)C(NC(C)=O)C1CCCC1. The van der Waals surface area contributed by atoms with E-state index in [0.29, 0.717) is 25.6 Å². The maximum atomic E-state index is 12.9. The van der Waals surface area contributed by atoms with Gasteiger partial charge in [-0.3, -0.25) is 9.59 Å². The number of amides is 2. The first kappa shape index (κ1) is 18.0. The van der Waals surface area contributed by atoms with Gasteiger partial charge in [-0.25, -0.2) is 0 Å². The molecule has 1 fully saturated rings. The molecule has 21 heavy (non-hydrogen) atoms. The lowest BCUT2D eigenvalue weighted by Crippen LogP contribution is -2.52. The van der Waals surface area contributed by atoms with Crippen molar-refractivity contribution in [3.05, 3.63) is 0 Å². The van der Waals surface area contributed by atoms with Crippen molar-refractivity contribution in [1.82, 2.24) is 10.2 Å². The van der Waals surface area contributed by atoms with Gasteiger partial charge in [-0.05, 0) is 24.7 Å². The van der Waals surface area contributed by atoms with E-state index in [1.165, 1.54) is 6.92 Å². The Bertz CT molecular complexity index is 338. The molecule has 1 rings (SSSR count). The van der Waals surface area contributed by atoms with Gasteiger partial charge >= 0.3 is 0 Å². The number of nitrogens with zero attached hydrogens (tertiary/aromatic N) is 1. The molecule has 1 N–H and O–H groups in total. The van der Waals surface area contributed by atoms with E-state index in [0.717, 1.165) is 25.7 Å². The standard InChI is InChI=1S/C16H30N2O3/c1-12(2)11-18(9-10-21-4)16(20)15(17-13(3)19)14-7-5-6-8-14/h12,14-15H,5-11H2,1-4H3,(H,17,19). The molecule has 1 saturated carbocycles. The second-order valence-corrected chi connectivity index (χ2v) is 6.39. The van der Waals surface area contributed by atoms with Crippen molar-refractivity contribution < 1.29 is 14.3 Å². The zero-order chi connectivity index (χ0) is 15.8. The fourth-order valence-corrected chi connectivity index (χ4v) is 3.02. The third-order valence-electron chi connectivity index (χ3n) is 3.96. The number of ether oxygens (including phenoxy) is 1. The highest BCUT2D eigenvalue weighted by molar-refractivity contribution is 5.87. The molecule has 0 aromatic heterocycles. The topological polar surface area (TPSA) is 58.6 Å². The van der Waals surface area contributed by atoms with Gasteiger partial charge < -0.3 is 15.0 Å². The van der Waals surface area contributed by atoms with E-state index in [1.807, 2.05) is 4.90 Å². The Morgan fingerprint density at radius 2 is 1.90 bits per heavy atom. The van der Waals surface area contributed by atoms with Crippen molar-refractivity contribution in [1.29, 1.82) is 0 Å². The molecule has 1 aliphatic carbocycles. The van der Waals surface area contributed by atoms with Crippen LogP contribution in [0.1, 0.15) is 46.5 Å². The number of nitrogens with one attached hydrogen (secondary N) is 1. The zero-order valence-corrected chi connectivity index (χ0v) is 13.9. The minimum Gasteiger partial charge on any atom is -0.383 e. The fourth-order valence-electron chi connectivity index (χ4n) is 3.02. The van der Waals surface area contributed by atoms with E-state index in [4.69, 9.17) is 4.74 Å². The van der Waals surface area contributed by atoms with Crippen molar-refractivity contribution in [3.8, 4) is 0 Å². The summed E-state index contributed by atoms with van der Waals surface area (Å²) in [6, 6.07) is -0.374. The summed E-state index contributed by atoms with van der Waals surface area (Å²) in [7, 11) is 1.64. The van der Waals surface area contributed by atoms with Crippen LogP contribution in [0.25, 0.3) is 0 Å². The van der Waals surface area contributed by atoms with Crippen LogP contribution in [0, 0.1) is 11.8 Å². The maximum absolute atomic E-state index is 12.9. The Morgan fingerprint density at radius 3 is 2.38 bits per heavy atom. The number of hydrogen-bond acceptors (Lipinski definition) is 3. The highest BCUT2D eigenvalue weighted by atomic mass is 16.5. The summed E-state index contributed by atoms with van der Waals surface area (Å²) in [4.78, 5) is 26.2. The summed E-state index contributed by atoms with van der Waals surface area (Å²) in [5.74, 6) is 0.588. The minimum absolute atomic E-state index is 0.0443. The van der Waals surface area contributed by atoms with Crippen LogP contribution < -0.4 is 5.32 Å². The highest BCUT2D eigenvalue weighted by Crippen LogP contribution is 2.28. The average Bonchev–Trinajstić information content (AvgIpc) is 2.93. The zero-order valence-electron chi connectivity index (χ0n) is 13.9. The molecule has 0 spiro atoms. The Balaban J connectivity index is 2.79. The van der Waals surface area contributed by atoms with Gasteiger partial charge in [-0.2, -0.15) is 0 Å². The van der Waals surface area contributed by atoms with Gasteiger partial charge in [0, 0.05) is 27.1 Å². The van der Waals surface area contributed by atoms with Gasteiger partial charge in [-0.1, -0.05) is 26.7 Å². The van der Waals surface area contributed by atoms with Gasteiger partial charge in [0.05, 0.1) is 6.61 Å². The molecule has 0 bridgehead atoms. The molecule has 1 aliphatic rings. The molecule has 0 aromatic carbocycles. The fraction of sp³-hybridized carbons (Fsp3) is 0.875. The van der Waals surface area contributed by atoms with Crippen LogP contribution in [0.3, 0.4) is 0 Å². The van der Waals surface area contributed by atoms with Gasteiger partial charge in [-0.15, -0.1) is 0 Å². The number of hydrogen-bond donors (Lipinski definition) is 1.